The standard InChI is InChI=1S/C18H24Cl2N6O3S/c1-10-2-6-26(7-3-10)18(27)16(15(22)17-23-4-5-24-17)25-30(28,29)11-8-12(19)14(21)13(20)9-11/h4-5,8-10,15-16,25H,2-3,6-7,21-22H2,1H3,(H,23,24)/t15?,16-/m0/s1. The van der Waals surface area contributed by atoms with Crippen molar-refractivity contribution in [3.8, 4) is 0 Å². The number of hydrogen-bond acceptors (Lipinski definition) is 6. The predicted octanol–water partition coefficient (Wildman–Crippen LogP) is 1.90. The van der Waals surface area contributed by atoms with E-state index < -0.39 is 28.0 Å². The number of amides is 1. The van der Waals surface area contributed by atoms with Gasteiger partial charge < -0.3 is 21.4 Å². The van der Waals surface area contributed by atoms with Gasteiger partial charge in [-0.3, -0.25) is 4.79 Å². The summed E-state index contributed by atoms with van der Waals surface area (Å²) >= 11 is 12.0. The molecule has 164 valence electrons. The molecule has 0 aliphatic carbocycles. The maximum atomic E-state index is 13.2. The number of aromatic nitrogens is 2. The lowest BCUT2D eigenvalue weighted by Gasteiger charge is -2.34. The molecule has 1 aromatic carbocycles. The zero-order valence-corrected chi connectivity index (χ0v) is 18.6. The minimum Gasteiger partial charge on any atom is -0.396 e. The Bertz CT molecular complexity index is 984. The normalized spacial score (nSPS) is 17.7. The van der Waals surface area contributed by atoms with E-state index in [1.165, 1.54) is 18.3 Å². The molecule has 9 nitrogen and oxygen atoms in total. The molecule has 0 spiro atoms. The Hall–Kier alpha value is -1.85. The van der Waals surface area contributed by atoms with E-state index >= 15 is 0 Å². The van der Waals surface area contributed by atoms with Gasteiger partial charge in [0.25, 0.3) is 0 Å². The summed E-state index contributed by atoms with van der Waals surface area (Å²) in [7, 11) is -4.20. The second-order valence-corrected chi connectivity index (χ2v) is 9.94. The number of aromatic amines is 1. The SMILES string of the molecule is CC1CCN(C(=O)[C@@H](NS(=O)(=O)c2cc(Cl)c(N)c(Cl)c2)C(N)c2ncc[nH]2)CC1. The van der Waals surface area contributed by atoms with Crippen molar-refractivity contribution < 1.29 is 13.2 Å². The molecule has 6 N–H and O–H groups in total. The first-order valence-electron chi connectivity index (χ1n) is 9.40. The fraction of sp³-hybridized carbons (Fsp3) is 0.444. The first-order valence-corrected chi connectivity index (χ1v) is 11.6. The number of likely N-dealkylation sites (tertiary alicyclic amines) is 1. The second kappa shape index (κ2) is 9.11. The van der Waals surface area contributed by atoms with Crippen molar-refractivity contribution in [2.75, 3.05) is 18.8 Å². The number of nitrogen functional groups attached to an aromatic ring is 1. The highest BCUT2D eigenvalue weighted by molar-refractivity contribution is 7.89. The number of nitrogens with two attached hydrogens (primary N) is 2. The molecule has 3 rings (SSSR count). The number of carbonyl (C=O) groups excluding carboxylic acids is 1. The van der Waals surface area contributed by atoms with E-state index in [4.69, 9.17) is 34.7 Å². The van der Waals surface area contributed by atoms with Crippen LogP contribution in [0, 0.1) is 5.92 Å². The highest BCUT2D eigenvalue weighted by atomic mass is 35.5. The summed E-state index contributed by atoms with van der Waals surface area (Å²) in [5.74, 6) is 0.374. The average Bonchev–Trinajstić information content (AvgIpc) is 3.24. The third-order valence-electron chi connectivity index (χ3n) is 5.20. The lowest BCUT2D eigenvalue weighted by molar-refractivity contribution is -0.134. The Balaban J connectivity index is 1.93. The van der Waals surface area contributed by atoms with Gasteiger partial charge in [-0.15, -0.1) is 0 Å². The number of nitrogens with one attached hydrogen (secondary N) is 2. The van der Waals surface area contributed by atoms with E-state index in [1.54, 1.807) is 11.1 Å². The van der Waals surface area contributed by atoms with Gasteiger partial charge in [0.15, 0.2) is 0 Å². The Labute approximate surface area is 185 Å². The molecule has 1 aliphatic heterocycles. The molecule has 0 radical (unpaired) electrons. The van der Waals surface area contributed by atoms with Gasteiger partial charge in [0.1, 0.15) is 11.9 Å². The minimum absolute atomic E-state index is 0.00824. The summed E-state index contributed by atoms with van der Waals surface area (Å²) in [5.41, 5.74) is 12.0. The number of benzene rings is 1. The van der Waals surface area contributed by atoms with Crippen LogP contribution < -0.4 is 16.2 Å². The molecular weight excluding hydrogens is 451 g/mol. The number of carbonyl (C=O) groups is 1. The summed E-state index contributed by atoms with van der Waals surface area (Å²) in [6, 6.07) is 0.0485. The first-order chi connectivity index (χ1) is 14.1. The van der Waals surface area contributed by atoms with Crippen LogP contribution in [0.1, 0.15) is 31.6 Å². The van der Waals surface area contributed by atoms with E-state index in [0.29, 0.717) is 19.0 Å². The van der Waals surface area contributed by atoms with Crippen molar-refractivity contribution in [1.82, 2.24) is 19.6 Å². The van der Waals surface area contributed by atoms with Crippen LogP contribution in [0.5, 0.6) is 0 Å². The molecule has 1 unspecified atom stereocenters. The lowest BCUT2D eigenvalue weighted by atomic mass is 9.98. The van der Waals surface area contributed by atoms with Gasteiger partial charge in [-0.2, -0.15) is 4.72 Å². The van der Waals surface area contributed by atoms with Crippen LogP contribution in [0.15, 0.2) is 29.4 Å². The number of anilines is 1. The van der Waals surface area contributed by atoms with Crippen molar-refractivity contribution in [3.05, 3.63) is 40.4 Å². The van der Waals surface area contributed by atoms with E-state index in [1.807, 2.05) is 0 Å². The maximum absolute atomic E-state index is 13.2. The summed E-state index contributed by atoms with van der Waals surface area (Å²) in [4.78, 5) is 21.6. The molecule has 2 atom stereocenters. The smallest absolute Gasteiger partial charge is 0.242 e. The second-order valence-electron chi connectivity index (χ2n) is 7.41. The molecule has 1 aromatic heterocycles. The summed E-state index contributed by atoms with van der Waals surface area (Å²) < 4.78 is 28.5. The highest BCUT2D eigenvalue weighted by Gasteiger charge is 2.37. The largest absolute Gasteiger partial charge is 0.396 e. The van der Waals surface area contributed by atoms with Gasteiger partial charge in [-0.25, -0.2) is 13.4 Å². The zero-order chi connectivity index (χ0) is 22.1. The maximum Gasteiger partial charge on any atom is 0.242 e. The number of nitrogens with zero attached hydrogens (tertiary/aromatic N) is 2. The Morgan fingerprint density at radius 3 is 2.43 bits per heavy atom. The molecule has 1 fully saturated rings. The van der Waals surface area contributed by atoms with Crippen LogP contribution in [-0.4, -0.2) is 48.3 Å². The summed E-state index contributed by atoms with van der Waals surface area (Å²) in [6.07, 6.45) is 4.70. The molecule has 1 amide bonds. The third kappa shape index (κ3) is 4.89. The monoisotopic (exact) mass is 474 g/mol. The molecule has 1 saturated heterocycles. The number of hydrogen-bond donors (Lipinski definition) is 4. The van der Waals surface area contributed by atoms with Crippen molar-refractivity contribution in [2.45, 2.75) is 36.7 Å². The Morgan fingerprint density at radius 2 is 1.90 bits per heavy atom. The average molecular weight is 475 g/mol. The number of sulfonamides is 1. The number of rotatable bonds is 6. The van der Waals surface area contributed by atoms with Gasteiger partial charge >= 0.3 is 0 Å². The molecule has 1 aliphatic rings. The van der Waals surface area contributed by atoms with Gasteiger partial charge in [0, 0.05) is 25.5 Å². The Morgan fingerprint density at radius 1 is 1.30 bits per heavy atom. The van der Waals surface area contributed by atoms with E-state index in [-0.39, 0.29) is 26.5 Å². The number of imidazole rings is 1. The summed E-state index contributed by atoms with van der Waals surface area (Å²) in [6.45, 7) is 3.18. The van der Waals surface area contributed by atoms with Gasteiger partial charge in [-0.05, 0) is 30.9 Å². The van der Waals surface area contributed by atoms with Gasteiger partial charge in [0.05, 0.1) is 26.7 Å². The van der Waals surface area contributed by atoms with E-state index in [2.05, 4.69) is 21.6 Å². The fourth-order valence-electron chi connectivity index (χ4n) is 3.27. The molecule has 12 heteroatoms. The topological polar surface area (TPSA) is 147 Å². The van der Waals surface area contributed by atoms with Crippen molar-refractivity contribution in [1.29, 1.82) is 0 Å². The van der Waals surface area contributed by atoms with E-state index in [0.717, 1.165) is 12.8 Å². The van der Waals surface area contributed by atoms with Crippen molar-refractivity contribution in [3.63, 3.8) is 0 Å². The van der Waals surface area contributed by atoms with Gasteiger partial charge in [-0.1, -0.05) is 30.1 Å². The Kier molecular flexibility index (Phi) is 6.93. The van der Waals surface area contributed by atoms with Crippen LogP contribution in [-0.2, 0) is 14.8 Å². The zero-order valence-electron chi connectivity index (χ0n) is 16.3. The van der Waals surface area contributed by atoms with E-state index in [9.17, 15) is 13.2 Å². The lowest BCUT2D eigenvalue weighted by Crippen LogP contribution is -2.55. The van der Waals surface area contributed by atoms with Crippen LogP contribution in [0.25, 0.3) is 0 Å². The number of halogens is 2. The van der Waals surface area contributed by atoms with Crippen molar-refractivity contribution in [2.24, 2.45) is 11.7 Å². The minimum atomic E-state index is -4.20. The van der Waals surface area contributed by atoms with Crippen LogP contribution in [0.3, 0.4) is 0 Å². The van der Waals surface area contributed by atoms with Crippen LogP contribution in [0.4, 0.5) is 5.69 Å². The first kappa shape index (κ1) is 22.8. The molecule has 0 saturated carbocycles. The van der Waals surface area contributed by atoms with Crippen LogP contribution in [0.2, 0.25) is 10.0 Å². The molecule has 0 bridgehead atoms. The van der Waals surface area contributed by atoms with Crippen LogP contribution >= 0.6 is 23.2 Å². The third-order valence-corrected chi connectivity index (χ3v) is 7.25. The van der Waals surface area contributed by atoms with Crippen molar-refractivity contribution >= 4 is 44.8 Å². The molecule has 2 aromatic rings. The predicted molar refractivity (Wildman–Crippen MR) is 115 cm³/mol. The summed E-state index contributed by atoms with van der Waals surface area (Å²) in [5, 5.41) is -0.0165. The number of piperidine rings is 1. The fourth-order valence-corrected chi connectivity index (χ4v) is 5.15. The number of H-pyrrole nitrogens is 1. The highest BCUT2D eigenvalue weighted by Crippen LogP contribution is 2.31. The quantitative estimate of drug-likeness (QED) is 0.469. The molecular formula is C18H24Cl2N6O3S. The molecule has 30 heavy (non-hydrogen) atoms. The molecule has 2 heterocycles. The van der Waals surface area contributed by atoms with Gasteiger partial charge in [0.2, 0.25) is 15.9 Å².